The van der Waals surface area contributed by atoms with E-state index in [2.05, 4.69) is 93.5 Å². The van der Waals surface area contributed by atoms with Crippen LogP contribution in [0.25, 0.3) is 0 Å². The largest absolute Gasteiger partial charge is 0.418 e. The van der Waals surface area contributed by atoms with Crippen molar-refractivity contribution in [2.24, 2.45) is 5.41 Å². The minimum Gasteiger partial charge on any atom is -0.418 e. The molecule has 0 aliphatic rings. The fourth-order valence-electron chi connectivity index (χ4n) is 3.92. The zero-order chi connectivity index (χ0) is 19.1. The van der Waals surface area contributed by atoms with Gasteiger partial charge in [0.25, 0.3) is 0 Å². The second-order valence-corrected chi connectivity index (χ2v) is 42.0. The fourth-order valence-corrected chi connectivity index (χ4v) is 52.2. The maximum Gasteiger partial charge on any atom is 0.194 e. The molecule has 0 aliphatic carbocycles. The molecule has 0 aromatic carbocycles. The summed E-state index contributed by atoms with van der Waals surface area (Å²) in [4.78, 5) is 0. The molecule has 23 heavy (non-hydrogen) atoms. The fraction of sp³-hybridized carbons (Fsp3) is 1.00. The summed E-state index contributed by atoms with van der Waals surface area (Å²) in [5.41, 5.74) is 0.421. The van der Waals surface area contributed by atoms with Crippen LogP contribution in [-0.4, -0.2) is 42.7 Å². The van der Waals surface area contributed by atoms with E-state index in [1.807, 2.05) is 0 Å². The van der Waals surface area contributed by atoms with E-state index in [1.54, 1.807) is 0 Å². The highest BCUT2D eigenvalue weighted by molar-refractivity contribution is 7.67. The molecule has 0 aromatic heterocycles. The SMILES string of the molecule is CC(C)O[Si](C(O[Si](C)(C)C)C(C)(C)C)([Si](C)(C)C)[Si](C)(C)C. The minimum atomic E-state index is -2.05. The van der Waals surface area contributed by atoms with E-state index < -0.39 is 30.9 Å². The van der Waals surface area contributed by atoms with Gasteiger partial charge in [0.15, 0.2) is 15.7 Å². The van der Waals surface area contributed by atoms with Crippen LogP contribution in [0.4, 0.5) is 0 Å². The average Bonchev–Trinajstić information content (AvgIpc) is 2.15. The van der Waals surface area contributed by atoms with E-state index in [4.69, 9.17) is 8.85 Å². The van der Waals surface area contributed by atoms with Gasteiger partial charge in [-0.3, -0.25) is 0 Å². The van der Waals surface area contributed by atoms with Gasteiger partial charge in [0, 0.05) is 6.10 Å². The van der Waals surface area contributed by atoms with Gasteiger partial charge in [-0.25, -0.2) is 0 Å². The second kappa shape index (κ2) is 7.19. The molecule has 140 valence electrons. The van der Waals surface area contributed by atoms with Crippen LogP contribution in [0.2, 0.25) is 58.9 Å². The van der Waals surface area contributed by atoms with Crippen molar-refractivity contribution in [2.45, 2.75) is 105 Å². The molecule has 2 nitrogen and oxygen atoms in total. The number of hydrogen-bond donors (Lipinski definition) is 0. The van der Waals surface area contributed by atoms with Gasteiger partial charge in [0.1, 0.15) is 0 Å². The minimum absolute atomic E-state index is 0.127. The zero-order valence-electron chi connectivity index (χ0n) is 18.5. The third-order valence-electron chi connectivity index (χ3n) is 4.28. The van der Waals surface area contributed by atoms with Gasteiger partial charge in [-0.1, -0.05) is 60.1 Å². The van der Waals surface area contributed by atoms with Crippen molar-refractivity contribution in [3.05, 3.63) is 0 Å². The Labute approximate surface area is 150 Å². The molecule has 0 heterocycles. The molecule has 1 unspecified atom stereocenters. The number of rotatable bonds is 7. The first-order valence-electron chi connectivity index (χ1n) is 9.11. The molecule has 0 rings (SSSR count). The van der Waals surface area contributed by atoms with Crippen molar-refractivity contribution >= 4 is 30.9 Å². The van der Waals surface area contributed by atoms with Gasteiger partial charge >= 0.3 is 0 Å². The lowest BCUT2D eigenvalue weighted by atomic mass is 9.98. The highest BCUT2D eigenvalue weighted by atomic mass is 29.7. The van der Waals surface area contributed by atoms with Crippen LogP contribution in [0.5, 0.6) is 0 Å². The summed E-state index contributed by atoms with van der Waals surface area (Å²) in [7, 11) is -6.76. The van der Waals surface area contributed by atoms with Crippen molar-refractivity contribution < 1.29 is 8.85 Å². The van der Waals surface area contributed by atoms with E-state index >= 15 is 0 Å². The van der Waals surface area contributed by atoms with Gasteiger partial charge < -0.3 is 8.85 Å². The van der Waals surface area contributed by atoms with Crippen LogP contribution < -0.4 is 0 Å². The van der Waals surface area contributed by atoms with Crippen molar-refractivity contribution in [3.63, 3.8) is 0 Å². The molecule has 0 aromatic rings. The van der Waals surface area contributed by atoms with E-state index in [9.17, 15) is 0 Å². The lowest BCUT2D eigenvalue weighted by molar-refractivity contribution is 0.110. The van der Waals surface area contributed by atoms with Gasteiger partial charge in [-0.05, 0) is 38.9 Å². The number of hydrogen-bond acceptors (Lipinski definition) is 2. The Kier molecular flexibility index (Phi) is 7.44. The van der Waals surface area contributed by atoms with Crippen LogP contribution >= 0.6 is 0 Å². The van der Waals surface area contributed by atoms with Crippen LogP contribution in [-0.2, 0) is 8.85 Å². The first-order chi connectivity index (χ1) is 9.76. The normalized spacial score (nSPS) is 16.8. The van der Waals surface area contributed by atoms with Crippen molar-refractivity contribution in [1.82, 2.24) is 0 Å². The van der Waals surface area contributed by atoms with Crippen LogP contribution in [0.1, 0.15) is 34.6 Å². The summed E-state index contributed by atoms with van der Waals surface area (Å²) in [5.74, 6) is 0. The van der Waals surface area contributed by atoms with Gasteiger partial charge in [0.2, 0.25) is 0 Å². The van der Waals surface area contributed by atoms with E-state index in [1.165, 1.54) is 0 Å². The van der Waals surface area contributed by atoms with Crippen molar-refractivity contribution in [1.29, 1.82) is 0 Å². The predicted octanol–water partition coefficient (Wildman–Crippen LogP) is 6.00. The third kappa shape index (κ3) is 5.92. The summed E-state index contributed by atoms with van der Waals surface area (Å²) in [5, 5.41) is 0. The Hall–Kier alpha value is 0.788. The van der Waals surface area contributed by atoms with E-state index in [0.717, 1.165) is 0 Å². The molecule has 0 N–H and O–H groups in total. The summed E-state index contributed by atoms with van der Waals surface area (Å²) >= 11 is 0. The quantitative estimate of drug-likeness (QED) is 0.495. The standard InChI is InChI=1S/C17H44O2Si4/c1-15(2)18-23(21(9,10)11,22(12,13)14)16(17(3,4)5)19-20(6,7)8/h15-16H,1-14H3. The van der Waals surface area contributed by atoms with Crippen LogP contribution in [0, 0.1) is 5.41 Å². The molecule has 0 radical (unpaired) electrons. The highest BCUT2D eigenvalue weighted by Crippen LogP contribution is 2.43. The van der Waals surface area contributed by atoms with Gasteiger partial charge in [-0.2, -0.15) is 0 Å². The molecule has 0 fully saturated rings. The topological polar surface area (TPSA) is 18.5 Å². The zero-order valence-corrected chi connectivity index (χ0v) is 22.5. The maximum absolute atomic E-state index is 7.06. The lowest BCUT2D eigenvalue weighted by Gasteiger charge is -2.58. The molecule has 0 spiro atoms. The highest BCUT2D eigenvalue weighted by Gasteiger charge is 2.65. The summed E-state index contributed by atoms with van der Waals surface area (Å²) in [6.07, 6.45) is 0.287. The molecular formula is C17H44O2Si4. The molecule has 0 aliphatic heterocycles. The molecule has 0 amide bonds. The summed E-state index contributed by atoms with van der Waals surface area (Å²) in [6, 6.07) is 0. The first-order valence-corrected chi connectivity index (χ1v) is 23.5. The van der Waals surface area contributed by atoms with Crippen LogP contribution in [0.3, 0.4) is 0 Å². The predicted molar refractivity (Wildman–Crippen MR) is 116 cm³/mol. The smallest absolute Gasteiger partial charge is 0.194 e. The molecule has 6 heteroatoms. The second-order valence-electron chi connectivity index (χ2n) is 11.4. The van der Waals surface area contributed by atoms with E-state index in [-0.39, 0.29) is 11.5 Å². The molecule has 0 saturated carbocycles. The monoisotopic (exact) mass is 392 g/mol. The Balaban J connectivity index is 6.55. The third-order valence-corrected chi connectivity index (χ3v) is 41.6. The molecule has 0 bridgehead atoms. The lowest BCUT2D eigenvalue weighted by Crippen LogP contribution is -2.82. The maximum atomic E-state index is 7.06. The Morgan fingerprint density at radius 2 is 1.00 bits per heavy atom. The average molecular weight is 393 g/mol. The Morgan fingerprint density at radius 3 is 1.17 bits per heavy atom. The summed E-state index contributed by atoms with van der Waals surface area (Å²) < 4.78 is 14.0. The Bertz CT molecular complexity index is 367. The van der Waals surface area contributed by atoms with Crippen molar-refractivity contribution in [3.8, 4) is 0 Å². The van der Waals surface area contributed by atoms with Gasteiger partial charge in [0.05, 0.1) is 20.9 Å². The van der Waals surface area contributed by atoms with Crippen LogP contribution in [0.15, 0.2) is 0 Å². The van der Waals surface area contributed by atoms with Gasteiger partial charge in [-0.15, -0.1) is 0 Å². The van der Waals surface area contributed by atoms with E-state index in [0.29, 0.717) is 5.73 Å². The molecule has 0 saturated heterocycles. The van der Waals surface area contributed by atoms with Crippen molar-refractivity contribution in [2.75, 3.05) is 0 Å². The molecule has 1 atom stereocenters. The molecular weight excluding hydrogens is 349 g/mol. The Morgan fingerprint density at radius 1 is 0.652 bits per heavy atom. The summed E-state index contributed by atoms with van der Waals surface area (Å²) in [6.45, 7) is 33.7. The first kappa shape index (κ1) is 23.8.